The van der Waals surface area contributed by atoms with Crippen LogP contribution in [0.1, 0.15) is 5.56 Å². The maximum Gasteiger partial charge on any atom is 0.381 e. The summed E-state index contributed by atoms with van der Waals surface area (Å²) >= 11 is 3.21. The Morgan fingerprint density at radius 1 is 1.44 bits per heavy atom. The number of carbonyl (C=O) groups is 1. The first-order chi connectivity index (χ1) is 7.47. The highest BCUT2D eigenvalue weighted by Gasteiger charge is 2.36. The van der Waals surface area contributed by atoms with E-state index < -0.39 is 11.9 Å². The molecule has 0 aliphatic heterocycles. The van der Waals surface area contributed by atoms with Gasteiger partial charge in [-0.25, -0.2) is 4.79 Å². The molecule has 1 rings (SSSR count). The molecule has 2 nitrogen and oxygen atoms in total. The van der Waals surface area contributed by atoms with Crippen molar-refractivity contribution in [2.24, 2.45) is 0 Å². The average Bonchev–Trinajstić information content (AvgIpc) is 2.27. The lowest BCUT2D eigenvalue weighted by molar-refractivity contribution is -0.161. The molecule has 86 valence electrons. The number of alkyl halides is 2. The Kier molecular flexibility index (Phi) is 4.18. The van der Waals surface area contributed by atoms with Crippen molar-refractivity contribution in [2.75, 3.05) is 7.11 Å². The molecule has 0 aromatic heterocycles. The van der Waals surface area contributed by atoms with E-state index in [1.807, 2.05) is 0 Å². The summed E-state index contributed by atoms with van der Waals surface area (Å²) in [5.41, 5.74) is 0.561. The molecular formula is C11H9BrF2O2. The second-order valence-electron chi connectivity index (χ2n) is 2.97. The summed E-state index contributed by atoms with van der Waals surface area (Å²) in [7, 11) is 0.919. The van der Waals surface area contributed by atoms with Gasteiger partial charge in [-0.2, -0.15) is 8.78 Å². The Labute approximate surface area is 100 Å². The van der Waals surface area contributed by atoms with Gasteiger partial charge in [0, 0.05) is 4.47 Å². The van der Waals surface area contributed by atoms with Crippen molar-refractivity contribution < 1.29 is 18.3 Å². The van der Waals surface area contributed by atoms with Crippen molar-refractivity contribution in [2.45, 2.75) is 5.92 Å². The lowest BCUT2D eigenvalue weighted by atomic mass is 10.2. The van der Waals surface area contributed by atoms with Crippen LogP contribution in [0.3, 0.4) is 0 Å². The first-order valence-electron chi connectivity index (χ1n) is 4.37. The van der Waals surface area contributed by atoms with E-state index in [9.17, 15) is 13.6 Å². The minimum absolute atomic E-state index is 0.513. The van der Waals surface area contributed by atoms with Gasteiger partial charge in [-0.1, -0.05) is 40.2 Å². The van der Waals surface area contributed by atoms with Crippen LogP contribution in [0.25, 0.3) is 6.08 Å². The number of hydrogen-bond acceptors (Lipinski definition) is 2. The van der Waals surface area contributed by atoms with Crippen LogP contribution in [-0.2, 0) is 9.53 Å². The molecule has 1 aromatic carbocycles. The molecule has 0 fully saturated rings. The van der Waals surface area contributed by atoms with Crippen molar-refractivity contribution in [3.8, 4) is 0 Å². The molecule has 0 N–H and O–H groups in total. The summed E-state index contributed by atoms with van der Waals surface area (Å²) in [5, 5.41) is 0. The zero-order chi connectivity index (χ0) is 12.2. The third-order valence-electron chi connectivity index (χ3n) is 1.83. The highest BCUT2D eigenvalue weighted by Crippen LogP contribution is 2.22. The number of rotatable bonds is 3. The summed E-state index contributed by atoms with van der Waals surface area (Å²) < 4.78 is 30.8. The number of hydrogen-bond donors (Lipinski definition) is 0. The van der Waals surface area contributed by atoms with Crippen LogP contribution in [0.5, 0.6) is 0 Å². The van der Waals surface area contributed by atoms with E-state index in [1.165, 1.54) is 6.08 Å². The van der Waals surface area contributed by atoms with Crippen molar-refractivity contribution in [1.29, 1.82) is 0 Å². The van der Waals surface area contributed by atoms with E-state index in [4.69, 9.17) is 0 Å². The van der Waals surface area contributed by atoms with Crippen LogP contribution < -0.4 is 0 Å². The lowest BCUT2D eigenvalue weighted by Gasteiger charge is -2.08. The summed E-state index contributed by atoms with van der Waals surface area (Å²) in [5.74, 6) is -5.18. The Hall–Kier alpha value is -1.23. The number of methoxy groups -OCH3 is 1. The molecular weight excluding hydrogens is 282 g/mol. The summed E-state index contributed by atoms with van der Waals surface area (Å²) in [6, 6.07) is 6.84. The number of benzene rings is 1. The van der Waals surface area contributed by atoms with Crippen LogP contribution in [0.4, 0.5) is 8.78 Å². The van der Waals surface area contributed by atoms with Gasteiger partial charge >= 0.3 is 11.9 Å². The van der Waals surface area contributed by atoms with Gasteiger partial charge in [0.15, 0.2) is 0 Å². The van der Waals surface area contributed by atoms with E-state index in [2.05, 4.69) is 20.7 Å². The van der Waals surface area contributed by atoms with Crippen LogP contribution >= 0.6 is 15.9 Å². The smallest absolute Gasteiger partial charge is 0.381 e. The molecule has 0 saturated carbocycles. The van der Waals surface area contributed by atoms with Crippen molar-refractivity contribution in [1.82, 2.24) is 0 Å². The molecule has 0 atom stereocenters. The van der Waals surface area contributed by atoms with E-state index in [-0.39, 0.29) is 0 Å². The zero-order valence-electron chi connectivity index (χ0n) is 8.41. The van der Waals surface area contributed by atoms with E-state index >= 15 is 0 Å². The van der Waals surface area contributed by atoms with Gasteiger partial charge in [0.2, 0.25) is 0 Å². The quantitative estimate of drug-likeness (QED) is 0.799. The van der Waals surface area contributed by atoms with Crippen molar-refractivity contribution in [3.63, 3.8) is 0 Å². The van der Waals surface area contributed by atoms with Crippen molar-refractivity contribution in [3.05, 3.63) is 40.4 Å². The molecule has 0 radical (unpaired) electrons. The molecule has 0 spiro atoms. The molecule has 0 amide bonds. The molecule has 0 heterocycles. The summed E-state index contributed by atoms with van der Waals surface area (Å²) in [4.78, 5) is 10.7. The fourth-order valence-electron chi connectivity index (χ4n) is 1.01. The highest BCUT2D eigenvalue weighted by molar-refractivity contribution is 9.10. The fraction of sp³-hybridized carbons (Fsp3) is 0.182. The van der Waals surface area contributed by atoms with E-state index in [0.29, 0.717) is 16.1 Å². The first-order valence-corrected chi connectivity index (χ1v) is 5.16. The van der Waals surface area contributed by atoms with Gasteiger partial charge in [0.05, 0.1) is 7.11 Å². The van der Waals surface area contributed by atoms with Crippen LogP contribution in [-0.4, -0.2) is 19.0 Å². The molecule has 0 aliphatic carbocycles. The zero-order valence-corrected chi connectivity index (χ0v) is 10.0. The predicted octanol–water partition coefficient (Wildman–Crippen LogP) is 3.27. The standard InChI is InChI=1S/C11H9BrF2O2/c1-16-10(15)11(13,14)7-6-8-4-2-3-5-9(8)12/h2-7H,1H3/b7-6+. The minimum Gasteiger partial charge on any atom is -0.464 e. The van der Waals surface area contributed by atoms with Gasteiger partial charge < -0.3 is 4.74 Å². The molecule has 16 heavy (non-hydrogen) atoms. The minimum atomic E-state index is -3.61. The summed E-state index contributed by atoms with van der Waals surface area (Å²) in [6.07, 6.45) is 1.68. The monoisotopic (exact) mass is 290 g/mol. The number of halogens is 3. The number of esters is 1. The predicted molar refractivity (Wildman–Crippen MR) is 60.1 cm³/mol. The fourth-order valence-corrected chi connectivity index (χ4v) is 1.43. The third kappa shape index (κ3) is 3.13. The molecule has 1 aromatic rings. The Bertz CT molecular complexity index is 416. The second-order valence-corrected chi connectivity index (χ2v) is 3.82. The SMILES string of the molecule is COC(=O)C(F)(F)/C=C/c1ccccc1Br. The maximum atomic E-state index is 13.1. The molecule has 0 bridgehead atoms. The molecule has 0 unspecified atom stereocenters. The Morgan fingerprint density at radius 3 is 2.62 bits per heavy atom. The average molecular weight is 291 g/mol. The van der Waals surface area contributed by atoms with Gasteiger partial charge in [-0.3, -0.25) is 0 Å². The van der Waals surface area contributed by atoms with Crippen LogP contribution in [0.15, 0.2) is 34.8 Å². The van der Waals surface area contributed by atoms with E-state index in [0.717, 1.165) is 7.11 Å². The van der Waals surface area contributed by atoms with Crippen LogP contribution in [0, 0.1) is 0 Å². The maximum absolute atomic E-state index is 13.1. The summed E-state index contributed by atoms with van der Waals surface area (Å²) in [6.45, 7) is 0. The normalized spacial score (nSPS) is 11.8. The number of ether oxygens (including phenoxy) is 1. The molecule has 0 saturated heterocycles. The first kappa shape index (κ1) is 12.8. The van der Waals surface area contributed by atoms with Gasteiger partial charge in [-0.15, -0.1) is 0 Å². The number of carbonyl (C=O) groups excluding carboxylic acids is 1. The largest absolute Gasteiger partial charge is 0.464 e. The molecule has 5 heteroatoms. The highest BCUT2D eigenvalue weighted by atomic mass is 79.9. The molecule has 0 aliphatic rings. The van der Waals surface area contributed by atoms with Crippen LogP contribution in [0.2, 0.25) is 0 Å². The second kappa shape index (κ2) is 5.21. The van der Waals surface area contributed by atoms with Gasteiger partial charge in [0.25, 0.3) is 0 Å². The Balaban J connectivity index is 2.89. The van der Waals surface area contributed by atoms with Crippen molar-refractivity contribution >= 4 is 28.0 Å². The van der Waals surface area contributed by atoms with Gasteiger partial charge in [-0.05, 0) is 17.7 Å². The lowest BCUT2D eigenvalue weighted by Crippen LogP contribution is -2.27. The Morgan fingerprint density at radius 2 is 2.06 bits per heavy atom. The van der Waals surface area contributed by atoms with E-state index in [1.54, 1.807) is 24.3 Å². The third-order valence-corrected chi connectivity index (χ3v) is 2.56. The topological polar surface area (TPSA) is 26.3 Å². The van der Waals surface area contributed by atoms with Gasteiger partial charge in [0.1, 0.15) is 0 Å².